The van der Waals surface area contributed by atoms with Crippen molar-refractivity contribution in [3.63, 3.8) is 0 Å². The standard InChI is InChI=1S/C14H20N4S/c1-4-12-17-13(15-5-2)8-14(18-12)16-9-11-7-6-10(3)19-11/h6-8H,4-5,9H2,1-3H3,(H2,15,16,17,18). The quantitative estimate of drug-likeness (QED) is 0.848. The van der Waals surface area contributed by atoms with Crippen LogP contribution >= 0.6 is 11.3 Å². The van der Waals surface area contributed by atoms with Crippen molar-refractivity contribution < 1.29 is 0 Å². The van der Waals surface area contributed by atoms with E-state index in [1.54, 1.807) is 0 Å². The first-order chi connectivity index (χ1) is 9.21. The van der Waals surface area contributed by atoms with Gasteiger partial charge in [0.15, 0.2) is 0 Å². The van der Waals surface area contributed by atoms with E-state index in [0.29, 0.717) is 0 Å². The fourth-order valence-corrected chi connectivity index (χ4v) is 2.61. The van der Waals surface area contributed by atoms with Crippen LogP contribution in [0.5, 0.6) is 0 Å². The maximum atomic E-state index is 4.50. The van der Waals surface area contributed by atoms with Gasteiger partial charge in [-0.05, 0) is 26.0 Å². The van der Waals surface area contributed by atoms with Crippen LogP contribution in [0.15, 0.2) is 18.2 Å². The molecular formula is C14H20N4S. The SMILES string of the molecule is CCNc1cc(NCc2ccc(C)s2)nc(CC)n1. The minimum absolute atomic E-state index is 0.810. The Balaban J connectivity index is 2.08. The van der Waals surface area contributed by atoms with Crippen LogP contribution in [0, 0.1) is 6.92 Å². The van der Waals surface area contributed by atoms with Gasteiger partial charge in [-0.1, -0.05) is 6.92 Å². The summed E-state index contributed by atoms with van der Waals surface area (Å²) in [4.78, 5) is 11.6. The van der Waals surface area contributed by atoms with E-state index in [2.05, 4.69) is 53.5 Å². The number of anilines is 2. The molecular weight excluding hydrogens is 256 g/mol. The molecule has 0 saturated carbocycles. The molecule has 2 rings (SSSR count). The van der Waals surface area contributed by atoms with Crippen molar-refractivity contribution in [1.29, 1.82) is 0 Å². The van der Waals surface area contributed by atoms with Crippen LogP contribution in [0.25, 0.3) is 0 Å². The van der Waals surface area contributed by atoms with Crippen LogP contribution in [0.1, 0.15) is 29.4 Å². The highest BCUT2D eigenvalue weighted by atomic mass is 32.1. The first kappa shape index (κ1) is 13.8. The van der Waals surface area contributed by atoms with Gasteiger partial charge in [0, 0.05) is 28.8 Å². The molecule has 19 heavy (non-hydrogen) atoms. The van der Waals surface area contributed by atoms with Crippen molar-refractivity contribution in [3.8, 4) is 0 Å². The Bertz CT molecular complexity index is 536. The number of aryl methyl sites for hydroxylation is 2. The average Bonchev–Trinajstić information content (AvgIpc) is 2.82. The summed E-state index contributed by atoms with van der Waals surface area (Å²) in [6.45, 7) is 7.93. The zero-order valence-corrected chi connectivity index (χ0v) is 12.5. The summed E-state index contributed by atoms with van der Waals surface area (Å²) in [7, 11) is 0. The van der Waals surface area contributed by atoms with Gasteiger partial charge in [0.2, 0.25) is 0 Å². The molecule has 0 aliphatic rings. The lowest BCUT2D eigenvalue weighted by Crippen LogP contribution is -2.07. The molecule has 2 aromatic heterocycles. The van der Waals surface area contributed by atoms with Crippen LogP contribution in [-0.4, -0.2) is 16.5 Å². The monoisotopic (exact) mass is 276 g/mol. The van der Waals surface area contributed by atoms with Crippen molar-refractivity contribution >= 4 is 23.0 Å². The Morgan fingerprint density at radius 2 is 1.84 bits per heavy atom. The second-order valence-electron chi connectivity index (χ2n) is 4.30. The van der Waals surface area contributed by atoms with E-state index in [4.69, 9.17) is 0 Å². The molecule has 5 heteroatoms. The Hall–Kier alpha value is -1.62. The van der Waals surface area contributed by atoms with Crippen LogP contribution in [0.4, 0.5) is 11.6 Å². The van der Waals surface area contributed by atoms with Crippen molar-refractivity contribution in [2.24, 2.45) is 0 Å². The number of hydrogen-bond donors (Lipinski definition) is 2. The molecule has 102 valence electrons. The number of aromatic nitrogens is 2. The van der Waals surface area contributed by atoms with Gasteiger partial charge in [-0.15, -0.1) is 11.3 Å². The smallest absolute Gasteiger partial charge is 0.132 e. The van der Waals surface area contributed by atoms with Crippen molar-refractivity contribution in [2.45, 2.75) is 33.7 Å². The van der Waals surface area contributed by atoms with Gasteiger partial charge in [-0.2, -0.15) is 0 Å². The Labute approximate surface area is 118 Å². The Morgan fingerprint density at radius 1 is 1.11 bits per heavy atom. The normalized spacial score (nSPS) is 10.5. The van der Waals surface area contributed by atoms with E-state index in [1.165, 1.54) is 9.75 Å². The predicted octanol–water partition coefficient (Wildman–Crippen LogP) is 3.45. The summed E-state index contributed by atoms with van der Waals surface area (Å²) in [5.41, 5.74) is 0. The molecule has 0 spiro atoms. The van der Waals surface area contributed by atoms with Gasteiger partial charge in [0.05, 0.1) is 6.54 Å². The largest absolute Gasteiger partial charge is 0.370 e. The van der Waals surface area contributed by atoms with Crippen LogP contribution in [0.3, 0.4) is 0 Å². The van der Waals surface area contributed by atoms with Crippen LogP contribution in [-0.2, 0) is 13.0 Å². The molecule has 2 aromatic rings. The lowest BCUT2D eigenvalue weighted by molar-refractivity contribution is 0.931. The third kappa shape index (κ3) is 3.92. The number of thiophene rings is 1. The number of hydrogen-bond acceptors (Lipinski definition) is 5. The number of rotatable bonds is 6. The Morgan fingerprint density at radius 3 is 2.42 bits per heavy atom. The van der Waals surface area contributed by atoms with E-state index in [1.807, 2.05) is 17.4 Å². The molecule has 0 radical (unpaired) electrons. The van der Waals surface area contributed by atoms with Gasteiger partial charge in [0.25, 0.3) is 0 Å². The fourth-order valence-electron chi connectivity index (χ4n) is 1.78. The van der Waals surface area contributed by atoms with E-state index in [0.717, 1.165) is 37.0 Å². The molecule has 2 heterocycles. The second-order valence-corrected chi connectivity index (χ2v) is 5.68. The van der Waals surface area contributed by atoms with Crippen molar-refractivity contribution in [1.82, 2.24) is 9.97 Å². The van der Waals surface area contributed by atoms with E-state index < -0.39 is 0 Å². The highest BCUT2D eigenvalue weighted by Crippen LogP contribution is 2.17. The van der Waals surface area contributed by atoms with Gasteiger partial charge in [0.1, 0.15) is 17.5 Å². The van der Waals surface area contributed by atoms with Crippen LogP contribution < -0.4 is 10.6 Å². The van der Waals surface area contributed by atoms with Crippen molar-refractivity contribution in [2.75, 3.05) is 17.2 Å². The molecule has 0 aromatic carbocycles. The highest BCUT2D eigenvalue weighted by Gasteiger charge is 2.03. The zero-order chi connectivity index (χ0) is 13.7. The third-order valence-electron chi connectivity index (χ3n) is 2.69. The van der Waals surface area contributed by atoms with Crippen LogP contribution in [0.2, 0.25) is 0 Å². The molecule has 4 nitrogen and oxygen atoms in total. The third-order valence-corrected chi connectivity index (χ3v) is 3.69. The lowest BCUT2D eigenvalue weighted by atomic mass is 10.4. The molecule has 0 unspecified atom stereocenters. The van der Waals surface area contributed by atoms with Gasteiger partial charge >= 0.3 is 0 Å². The average molecular weight is 276 g/mol. The van der Waals surface area contributed by atoms with E-state index >= 15 is 0 Å². The molecule has 0 aliphatic heterocycles. The lowest BCUT2D eigenvalue weighted by Gasteiger charge is -2.09. The molecule has 0 amide bonds. The molecule has 0 aliphatic carbocycles. The summed E-state index contributed by atoms with van der Waals surface area (Å²) < 4.78 is 0. The van der Waals surface area contributed by atoms with Gasteiger partial charge in [-0.3, -0.25) is 0 Å². The predicted molar refractivity (Wildman–Crippen MR) is 82.0 cm³/mol. The highest BCUT2D eigenvalue weighted by molar-refractivity contribution is 7.11. The maximum Gasteiger partial charge on any atom is 0.132 e. The first-order valence-corrected chi connectivity index (χ1v) is 7.44. The Kier molecular flexibility index (Phi) is 4.74. The fraction of sp³-hybridized carbons (Fsp3) is 0.429. The van der Waals surface area contributed by atoms with Gasteiger partial charge < -0.3 is 10.6 Å². The molecule has 2 N–H and O–H groups in total. The summed E-state index contributed by atoms with van der Waals surface area (Å²) in [6.07, 6.45) is 0.839. The zero-order valence-electron chi connectivity index (χ0n) is 11.7. The minimum atomic E-state index is 0.810. The van der Waals surface area contributed by atoms with E-state index in [9.17, 15) is 0 Å². The minimum Gasteiger partial charge on any atom is -0.370 e. The molecule has 0 fully saturated rings. The van der Waals surface area contributed by atoms with Gasteiger partial charge in [-0.25, -0.2) is 9.97 Å². The number of nitrogens with one attached hydrogen (secondary N) is 2. The summed E-state index contributed by atoms with van der Waals surface area (Å²) in [5.74, 6) is 2.64. The topological polar surface area (TPSA) is 49.8 Å². The van der Waals surface area contributed by atoms with E-state index in [-0.39, 0.29) is 0 Å². The van der Waals surface area contributed by atoms with Crippen molar-refractivity contribution in [3.05, 3.63) is 33.8 Å². The number of nitrogens with zero attached hydrogens (tertiary/aromatic N) is 2. The molecule has 0 saturated heterocycles. The first-order valence-electron chi connectivity index (χ1n) is 6.62. The summed E-state index contributed by atoms with van der Waals surface area (Å²) in [6, 6.07) is 6.26. The molecule has 0 atom stereocenters. The summed E-state index contributed by atoms with van der Waals surface area (Å²) >= 11 is 1.81. The molecule has 0 bridgehead atoms. The maximum absolute atomic E-state index is 4.50. The second kappa shape index (κ2) is 6.52. The summed E-state index contributed by atoms with van der Waals surface area (Å²) in [5, 5.41) is 6.60.